The molecule has 160 valence electrons. The van der Waals surface area contributed by atoms with Gasteiger partial charge in [0.05, 0.1) is 44.6 Å². The van der Waals surface area contributed by atoms with E-state index in [2.05, 4.69) is 5.32 Å². The molecule has 1 aromatic heterocycles. The summed E-state index contributed by atoms with van der Waals surface area (Å²) in [6.45, 7) is 0.715. The van der Waals surface area contributed by atoms with E-state index in [-0.39, 0.29) is 12.6 Å². The Hall–Kier alpha value is -3.81. The molecule has 0 atom stereocenters. The Morgan fingerprint density at radius 1 is 1.06 bits per heavy atom. The molecule has 0 aliphatic carbocycles. The van der Waals surface area contributed by atoms with Crippen molar-refractivity contribution in [2.45, 2.75) is 13.0 Å². The van der Waals surface area contributed by atoms with E-state index in [1.54, 1.807) is 30.2 Å². The molecule has 3 aromatic rings. The number of esters is 1. The number of fused-ring (bicyclic) bond motifs is 2. The van der Waals surface area contributed by atoms with Crippen LogP contribution in [0.5, 0.6) is 11.5 Å². The lowest BCUT2D eigenvalue weighted by molar-refractivity contribution is 0.0600. The average molecular weight is 421 g/mol. The number of rotatable bonds is 4. The van der Waals surface area contributed by atoms with Gasteiger partial charge < -0.3 is 24.4 Å². The summed E-state index contributed by atoms with van der Waals surface area (Å²) in [6, 6.07) is 12.3. The number of hydrogen-bond donors (Lipinski definition) is 1. The van der Waals surface area contributed by atoms with Crippen LogP contribution in [0, 0.1) is 0 Å². The number of anilines is 1. The van der Waals surface area contributed by atoms with Crippen molar-refractivity contribution in [1.82, 2.24) is 9.88 Å². The first kappa shape index (κ1) is 20.5. The van der Waals surface area contributed by atoms with Crippen molar-refractivity contribution in [3.05, 3.63) is 59.3 Å². The zero-order valence-electron chi connectivity index (χ0n) is 17.6. The summed E-state index contributed by atoms with van der Waals surface area (Å²) in [6.07, 6.45) is 0.535. The second-order valence-corrected chi connectivity index (χ2v) is 7.09. The number of carbonyl (C=O) groups is 2. The number of ether oxygens (including phenoxy) is 3. The van der Waals surface area contributed by atoms with Crippen LogP contribution < -0.4 is 14.8 Å². The molecule has 0 radical (unpaired) electrons. The third-order valence-corrected chi connectivity index (χ3v) is 5.37. The second kappa shape index (κ2) is 8.51. The van der Waals surface area contributed by atoms with Gasteiger partial charge >= 0.3 is 12.0 Å². The first-order chi connectivity index (χ1) is 15.0. The molecular formula is C23H23N3O5. The van der Waals surface area contributed by atoms with Gasteiger partial charge in [0.25, 0.3) is 0 Å². The molecule has 0 bridgehead atoms. The fourth-order valence-corrected chi connectivity index (χ4v) is 3.80. The van der Waals surface area contributed by atoms with E-state index in [1.807, 2.05) is 24.3 Å². The quantitative estimate of drug-likeness (QED) is 0.647. The largest absolute Gasteiger partial charge is 0.497 e. The van der Waals surface area contributed by atoms with E-state index in [1.165, 1.54) is 14.2 Å². The number of methoxy groups -OCH3 is 3. The highest BCUT2D eigenvalue weighted by atomic mass is 16.5. The summed E-state index contributed by atoms with van der Waals surface area (Å²) in [4.78, 5) is 32.0. The first-order valence-electron chi connectivity index (χ1n) is 9.82. The van der Waals surface area contributed by atoms with E-state index >= 15 is 0 Å². The van der Waals surface area contributed by atoms with Crippen LogP contribution in [0.4, 0.5) is 10.5 Å². The SMILES string of the molecule is COC(=O)c1c2c(nc3ccccc13)CCN(C(=O)Nc1cc(OC)ccc1OC)C2. The van der Waals surface area contributed by atoms with Crippen LogP contribution in [0.25, 0.3) is 10.9 Å². The lowest BCUT2D eigenvalue weighted by Crippen LogP contribution is -2.40. The van der Waals surface area contributed by atoms with Gasteiger partial charge in [-0.05, 0) is 18.2 Å². The average Bonchev–Trinajstić information content (AvgIpc) is 2.81. The Morgan fingerprint density at radius 2 is 1.87 bits per heavy atom. The van der Waals surface area contributed by atoms with Crippen molar-refractivity contribution >= 4 is 28.6 Å². The van der Waals surface area contributed by atoms with Crippen molar-refractivity contribution in [3.63, 3.8) is 0 Å². The minimum Gasteiger partial charge on any atom is -0.497 e. The summed E-state index contributed by atoms with van der Waals surface area (Å²) in [5, 5.41) is 3.59. The summed E-state index contributed by atoms with van der Waals surface area (Å²) in [7, 11) is 4.45. The molecule has 2 amide bonds. The number of benzene rings is 2. The highest BCUT2D eigenvalue weighted by Crippen LogP contribution is 2.31. The van der Waals surface area contributed by atoms with Gasteiger partial charge in [0, 0.05) is 35.7 Å². The molecule has 8 nitrogen and oxygen atoms in total. The van der Waals surface area contributed by atoms with E-state index in [0.717, 1.165) is 11.2 Å². The van der Waals surface area contributed by atoms with Gasteiger partial charge in [-0.2, -0.15) is 0 Å². The van der Waals surface area contributed by atoms with Gasteiger partial charge in [0.15, 0.2) is 0 Å². The van der Waals surface area contributed by atoms with Crippen molar-refractivity contribution in [3.8, 4) is 11.5 Å². The highest BCUT2D eigenvalue weighted by Gasteiger charge is 2.28. The number of pyridine rings is 1. The molecule has 31 heavy (non-hydrogen) atoms. The lowest BCUT2D eigenvalue weighted by atomic mass is 9.96. The van der Waals surface area contributed by atoms with Crippen LogP contribution in [0.3, 0.4) is 0 Å². The Kier molecular flexibility index (Phi) is 5.62. The van der Waals surface area contributed by atoms with E-state index in [9.17, 15) is 9.59 Å². The Bertz CT molecular complexity index is 1160. The van der Waals surface area contributed by atoms with Gasteiger partial charge in [-0.1, -0.05) is 18.2 Å². The number of nitrogens with one attached hydrogen (secondary N) is 1. The Labute approximate surface area is 179 Å². The Balaban J connectivity index is 1.67. The first-order valence-corrected chi connectivity index (χ1v) is 9.82. The summed E-state index contributed by atoms with van der Waals surface area (Å²) < 4.78 is 15.6. The van der Waals surface area contributed by atoms with Gasteiger partial charge in [0.1, 0.15) is 11.5 Å². The summed E-state index contributed by atoms with van der Waals surface area (Å²) >= 11 is 0. The van der Waals surface area contributed by atoms with Crippen molar-refractivity contribution < 1.29 is 23.8 Å². The smallest absolute Gasteiger partial charge is 0.338 e. The molecule has 1 aliphatic rings. The minimum absolute atomic E-state index is 0.246. The molecule has 1 aliphatic heterocycles. The number of aromatic nitrogens is 1. The van der Waals surface area contributed by atoms with E-state index in [4.69, 9.17) is 19.2 Å². The molecule has 0 spiro atoms. The van der Waals surface area contributed by atoms with E-state index in [0.29, 0.717) is 46.7 Å². The number of nitrogens with zero attached hydrogens (tertiary/aromatic N) is 2. The molecule has 0 fully saturated rings. The van der Waals surface area contributed by atoms with Crippen LogP contribution >= 0.6 is 0 Å². The molecule has 2 heterocycles. The maximum Gasteiger partial charge on any atom is 0.338 e. The number of amides is 2. The molecule has 1 N–H and O–H groups in total. The monoisotopic (exact) mass is 421 g/mol. The number of hydrogen-bond acceptors (Lipinski definition) is 6. The van der Waals surface area contributed by atoms with Crippen molar-refractivity contribution in [1.29, 1.82) is 0 Å². The van der Waals surface area contributed by atoms with Gasteiger partial charge in [-0.15, -0.1) is 0 Å². The maximum atomic E-state index is 13.0. The summed E-state index contributed by atoms with van der Waals surface area (Å²) in [5.74, 6) is 0.685. The Morgan fingerprint density at radius 3 is 2.61 bits per heavy atom. The van der Waals surface area contributed by atoms with Crippen LogP contribution in [-0.4, -0.2) is 49.8 Å². The summed E-state index contributed by atoms with van der Waals surface area (Å²) in [5.41, 5.74) is 3.22. The topological polar surface area (TPSA) is 90.0 Å². The van der Waals surface area contributed by atoms with Crippen LogP contribution in [-0.2, 0) is 17.7 Å². The minimum atomic E-state index is -0.438. The lowest BCUT2D eigenvalue weighted by Gasteiger charge is -2.30. The molecule has 0 unspecified atom stereocenters. The third kappa shape index (κ3) is 3.84. The van der Waals surface area contributed by atoms with E-state index < -0.39 is 5.97 Å². The standard InChI is InChI=1S/C23H23N3O5/c1-29-14-8-9-20(30-2)19(12-14)25-23(28)26-11-10-18-16(13-26)21(22(27)31-3)15-6-4-5-7-17(15)24-18/h4-9,12H,10-11,13H2,1-3H3,(H,25,28). The molecule has 2 aromatic carbocycles. The molecule has 0 saturated heterocycles. The van der Waals surface area contributed by atoms with Crippen molar-refractivity contribution in [2.24, 2.45) is 0 Å². The molecular weight excluding hydrogens is 398 g/mol. The number of urea groups is 1. The predicted octanol–water partition coefficient (Wildman–Crippen LogP) is 3.63. The van der Waals surface area contributed by atoms with Crippen molar-refractivity contribution in [2.75, 3.05) is 33.2 Å². The van der Waals surface area contributed by atoms with Crippen LogP contribution in [0.1, 0.15) is 21.6 Å². The third-order valence-electron chi connectivity index (χ3n) is 5.37. The van der Waals surface area contributed by atoms with Gasteiger partial charge in [-0.3, -0.25) is 4.98 Å². The molecule has 4 rings (SSSR count). The molecule has 0 saturated carbocycles. The van der Waals surface area contributed by atoms with Crippen LogP contribution in [0.2, 0.25) is 0 Å². The second-order valence-electron chi connectivity index (χ2n) is 7.09. The highest BCUT2D eigenvalue weighted by molar-refractivity contribution is 6.05. The maximum absolute atomic E-state index is 13.0. The normalized spacial score (nSPS) is 12.8. The van der Waals surface area contributed by atoms with Crippen LogP contribution in [0.15, 0.2) is 42.5 Å². The zero-order chi connectivity index (χ0) is 22.0. The predicted molar refractivity (Wildman–Crippen MR) is 116 cm³/mol. The molecule has 8 heteroatoms. The zero-order valence-corrected chi connectivity index (χ0v) is 17.6. The van der Waals surface area contributed by atoms with Gasteiger partial charge in [-0.25, -0.2) is 9.59 Å². The fraction of sp³-hybridized carbons (Fsp3) is 0.261. The fourth-order valence-electron chi connectivity index (χ4n) is 3.80. The number of carbonyl (C=O) groups excluding carboxylic acids is 2. The van der Waals surface area contributed by atoms with Gasteiger partial charge in [0.2, 0.25) is 0 Å². The number of para-hydroxylation sites is 1.